The van der Waals surface area contributed by atoms with Gasteiger partial charge in [0.15, 0.2) is 0 Å². The van der Waals surface area contributed by atoms with Crippen LogP contribution in [0.15, 0.2) is 24.3 Å². The van der Waals surface area contributed by atoms with Gasteiger partial charge in [-0.3, -0.25) is 0 Å². The number of allylic oxidation sites excluding steroid dienone is 2. The van der Waals surface area contributed by atoms with Crippen LogP contribution >= 0.6 is 11.6 Å². The maximum Gasteiger partial charge on any atom is 0.0971 e. The van der Waals surface area contributed by atoms with Gasteiger partial charge >= 0.3 is 0 Å². The second-order valence-electron chi connectivity index (χ2n) is 4.21. The lowest BCUT2D eigenvalue weighted by atomic mass is 9.75. The molecule has 0 saturated heterocycles. The molecule has 1 rings (SSSR count). The van der Waals surface area contributed by atoms with Gasteiger partial charge in [0.2, 0.25) is 0 Å². The Labute approximate surface area is 78.7 Å². The van der Waals surface area contributed by atoms with Crippen LogP contribution in [-0.4, -0.2) is 16.1 Å². The summed E-state index contributed by atoms with van der Waals surface area (Å²) in [4.78, 5) is -0.665. The molecule has 0 aliphatic heterocycles. The Balaban J connectivity index is 2.99. The van der Waals surface area contributed by atoms with Crippen LogP contribution < -0.4 is 0 Å². The predicted molar refractivity (Wildman–Crippen MR) is 52.3 cm³/mol. The highest BCUT2D eigenvalue weighted by molar-refractivity contribution is 6.26. The molecule has 0 spiro atoms. The van der Waals surface area contributed by atoms with E-state index in [-0.39, 0.29) is 5.41 Å². The average molecular weight is 187 g/mol. The summed E-state index contributed by atoms with van der Waals surface area (Å²) in [7, 11) is 0. The minimum atomic E-state index is -0.665. The van der Waals surface area contributed by atoms with E-state index in [4.69, 9.17) is 11.6 Å². The lowest BCUT2D eigenvalue weighted by Crippen LogP contribution is -2.46. The topological polar surface area (TPSA) is 20.2 Å². The number of hydrogen-bond donors (Lipinski definition) is 1. The van der Waals surface area contributed by atoms with Crippen molar-refractivity contribution < 1.29 is 5.11 Å². The van der Waals surface area contributed by atoms with E-state index in [9.17, 15) is 5.11 Å². The van der Waals surface area contributed by atoms with Crippen LogP contribution in [0.2, 0.25) is 0 Å². The fraction of sp³-hybridized carbons (Fsp3) is 0.600. The first-order chi connectivity index (χ1) is 5.38. The van der Waals surface area contributed by atoms with E-state index >= 15 is 0 Å². The molecular weight excluding hydrogens is 172 g/mol. The Hall–Kier alpha value is -0.270. The van der Waals surface area contributed by atoms with Crippen molar-refractivity contribution >= 4 is 11.6 Å². The standard InChI is InChI=1S/C10H15ClO/c1-9(2,3)10(11)7-5-4-6-8(10)12/h4-8,12H,1-3H3. The monoisotopic (exact) mass is 186 g/mol. The number of halogens is 1. The number of rotatable bonds is 0. The van der Waals surface area contributed by atoms with Crippen molar-refractivity contribution in [3.63, 3.8) is 0 Å². The van der Waals surface area contributed by atoms with Crippen molar-refractivity contribution in [3.05, 3.63) is 24.3 Å². The Bertz CT molecular complexity index is 224. The van der Waals surface area contributed by atoms with Crippen LogP contribution in [0.25, 0.3) is 0 Å². The highest BCUT2D eigenvalue weighted by Crippen LogP contribution is 2.42. The first kappa shape index (κ1) is 9.82. The molecule has 1 nitrogen and oxygen atoms in total. The van der Waals surface area contributed by atoms with Gasteiger partial charge in [0, 0.05) is 0 Å². The van der Waals surface area contributed by atoms with Crippen LogP contribution in [0.3, 0.4) is 0 Å². The maximum absolute atomic E-state index is 9.69. The van der Waals surface area contributed by atoms with Crippen LogP contribution in [0, 0.1) is 5.41 Å². The fourth-order valence-corrected chi connectivity index (χ4v) is 1.44. The summed E-state index contributed by atoms with van der Waals surface area (Å²) >= 11 is 6.31. The third-order valence-electron chi connectivity index (χ3n) is 2.32. The highest BCUT2D eigenvalue weighted by Gasteiger charge is 2.43. The third-order valence-corrected chi connectivity index (χ3v) is 3.24. The molecule has 0 radical (unpaired) electrons. The molecule has 1 aliphatic rings. The molecule has 0 fully saturated rings. The van der Waals surface area contributed by atoms with Gasteiger partial charge in [-0.2, -0.15) is 0 Å². The molecule has 2 unspecified atom stereocenters. The van der Waals surface area contributed by atoms with Gasteiger partial charge in [-0.1, -0.05) is 45.1 Å². The molecule has 1 aliphatic carbocycles. The largest absolute Gasteiger partial charge is 0.387 e. The van der Waals surface area contributed by atoms with Crippen LogP contribution in [0.5, 0.6) is 0 Å². The van der Waals surface area contributed by atoms with Crippen LogP contribution in [0.1, 0.15) is 20.8 Å². The second kappa shape index (κ2) is 2.90. The molecule has 68 valence electrons. The summed E-state index contributed by atoms with van der Waals surface area (Å²) in [5.74, 6) is 0. The van der Waals surface area contributed by atoms with E-state index in [1.165, 1.54) is 0 Å². The Morgan fingerprint density at radius 3 is 2.25 bits per heavy atom. The van der Waals surface area contributed by atoms with Crippen LogP contribution in [-0.2, 0) is 0 Å². The lowest BCUT2D eigenvalue weighted by Gasteiger charge is -2.40. The minimum absolute atomic E-state index is 0.144. The van der Waals surface area contributed by atoms with Crippen molar-refractivity contribution in [2.24, 2.45) is 5.41 Å². The zero-order chi connectivity index (χ0) is 9.41. The lowest BCUT2D eigenvalue weighted by molar-refractivity contribution is 0.126. The van der Waals surface area contributed by atoms with Crippen molar-refractivity contribution in [2.45, 2.75) is 31.7 Å². The van der Waals surface area contributed by atoms with Crippen molar-refractivity contribution in [1.29, 1.82) is 0 Å². The Morgan fingerprint density at radius 2 is 1.92 bits per heavy atom. The van der Waals surface area contributed by atoms with E-state index in [2.05, 4.69) is 0 Å². The summed E-state index contributed by atoms with van der Waals surface area (Å²) in [6, 6.07) is 0. The summed E-state index contributed by atoms with van der Waals surface area (Å²) < 4.78 is 0. The molecule has 0 aromatic rings. The van der Waals surface area contributed by atoms with E-state index in [0.717, 1.165) is 0 Å². The van der Waals surface area contributed by atoms with E-state index in [1.807, 2.05) is 39.0 Å². The third kappa shape index (κ3) is 1.44. The van der Waals surface area contributed by atoms with Gasteiger partial charge < -0.3 is 5.11 Å². The zero-order valence-electron chi connectivity index (χ0n) is 7.71. The first-order valence-corrected chi connectivity index (χ1v) is 4.49. The van der Waals surface area contributed by atoms with E-state index in [0.29, 0.717) is 0 Å². The predicted octanol–water partition coefficient (Wildman–Crippen LogP) is 2.50. The van der Waals surface area contributed by atoms with Gasteiger partial charge in [-0.05, 0) is 5.41 Å². The Kier molecular flexibility index (Phi) is 2.37. The molecule has 0 saturated carbocycles. The molecule has 0 heterocycles. The number of alkyl halides is 1. The Morgan fingerprint density at radius 1 is 1.33 bits per heavy atom. The summed E-state index contributed by atoms with van der Waals surface area (Å²) in [5, 5.41) is 9.69. The summed E-state index contributed by atoms with van der Waals surface area (Å²) in [6.45, 7) is 6.06. The van der Waals surface area contributed by atoms with Gasteiger partial charge in [0.25, 0.3) is 0 Å². The van der Waals surface area contributed by atoms with Crippen LogP contribution in [0.4, 0.5) is 0 Å². The SMILES string of the molecule is CC(C)(C)C1(Cl)C=CC=CC1O. The molecule has 0 aromatic heterocycles. The van der Waals surface area contributed by atoms with E-state index in [1.54, 1.807) is 6.08 Å². The molecule has 2 heteroatoms. The normalized spacial score (nSPS) is 35.6. The van der Waals surface area contributed by atoms with Crippen molar-refractivity contribution in [3.8, 4) is 0 Å². The molecular formula is C10H15ClO. The molecule has 12 heavy (non-hydrogen) atoms. The quantitative estimate of drug-likeness (QED) is 0.577. The van der Waals surface area contributed by atoms with Gasteiger partial charge in [0.05, 0.1) is 11.0 Å². The summed E-state index contributed by atoms with van der Waals surface area (Å²) in [6.07, 6.45) is 6.68. The zero-order valence-corrected chi connectivity index (χ0v) is 8.47. The maximum atomic E-state index is 9.69. The van der Waals surface area contributed by atoms with Crippen molar-refractivity contribution in [2.75, 3.05) is 0 Å². The molecule has 1 N–H and O–H groups in total. The number of aliphatic hydroxyl groups is 1. The fourth-order valence-electron chi connectivity index (χ4n) is 1.30. The van der Waals surface area contributed by atoms with Gasteiger partial charge in [-0.15, -0.1) is 11.6 Å². The average Bonchev–Trinajstić information content (AvgIpc) is 1.93. The molecule has 0 bridgehead atoms. The molecule has 0 amide bonds. The van der Waals surface area contributed by atoms with Crippen molar-refractivity contribution in [1.82, 2.24) is 0 Å². The number of hydrogen-bond acceptors (Lipinski definition) is 1. The van der Waals surface area contributed by atoms with E-state index < -0.39 is 11.0 Å². The minimum Gasteiger partial charge on any atom is -0.387 e. The smallest absolute Gasteiger partial charge is 0.0971 e. The first-order valence-electron chi connectivity index (χ1n) is 4.11. The highest BCUT2D eigenvalue weighted by atomic mass is 35.5. The number of aliphatic hydroxyl groups excluding tert-OH is 1. The molecule has 0 aromatic carbocycles. The molecule has 2 atom stereocenters. The van der Waals surface area contributed by atoms with Gasteiger partial charge in [0.1, 0.15) is 0 Å². The second-order valence-corrected chi connectivity index (χ2v) is 4.83. The summed E-state index contributed by atoms with van der Waals surface area (Å²) in [5.41, 5.74) is -0.144. The van der Waals surface area contributed by atoms with Gasteiger partial charge in [-0.25, -0.2) is 0 Å².